The molecule has 3 aliphatic heterocycles. The largest absolute Gasteiger partial charge is 0.353 e. The van der Waals surface area contributed by atoms with Gasteiger partial charge in [-0.3, -0.25) is 9.88 Å². The van der Waals surface area contributed by atoms with E-state index in [1.807, 2.05) is 18.2 Å². The number of nitrogens with zero attached hydrogens (tertiary/aromatic N) is 5. The summed E-state index contributed by atoms with van der Waals surface area (Å²) >= 11 is 0. The Morgan fingerprint density at radius 2 is 1.80 bits per heavy atom. The number of anilines is 1. The summed E-state index contributed by atoms with van der Waals surface area (Å²) in [6.07, 6.45) is 9.08. The third kappa shape index (κ3) is 4.56. The van der Waals surface area contributed by atoms with E-state index in [-0.39, 0.29) is 22.6 Å². The molecular weight excluding hydrogens is 518 g/mol. The average molecular weight is 557 g/mol. The van der Waals surface area contributed by atoms with Crippen molar-refractivity contribution in [3.63, 3.8) is 0 Å². The van der Waals surface area contributed by atoms with Crippen LogP contribution in [0.3, 0.4) is 0 Å². The second-order valence-corrected chi connectivity index (χ2v) is 12.1. The highest BCUT2D eigenvalue weighted by molar-refractivity contribution is 5.99. The molecule has 2 aromatic heterocycles. The third-order valence-corrected chi connectivity index (χ3v) is 9.93. The molecule has 41 heavy (non-hydrogen) atoms. The first-order valence-corrected chi connectivity index (χ1v) is 15.3. The van der Waals surface area contributed by atoms with Crippen LogP contribution in [0.1, 0.15) is 58.2 Å². The molecule has 0 aliphatic carbocycles. The normalized spacial score (nSPS) is 24.6. The van der Waals surface area contributed by atoms with Gasteiger partial charge in [0.15, 0.2) is 5.82 Å². The standard InChI is InChI=1S/C33H38F2N6/c1-3-33(15-7-17-41(33)4-2)16-14-27-38-31-25(32(39-27)40-19-22-12-13-23(20-40)37-22)18-36-30(29(31)35)24-10-5-8-21-9-6-11-26(34)28(21)24/h5-6,8-11,18,22-23,37H,3-4,7,12-17,19-20H2,1-2H3. The number of pyridine rings is 1. The molecule has 0 saturated carbocycles. The van der Waals surface area contributed by atoms with Crippen LogP contribution in [0.15, 0.2) is 42.6 Å². The quantitative estimate of drug-likeness (QED) is 0.290. The van der Waals surface area contributed by atoms with Gasteiger partial charge in [0.25, 0.3) is 0 Å². The van der Waals surface area contributed by atoms with Crippen molar-refractivity contribution in [1.29, 1.82) is 0 Å². The zero-order valence-electron chi connectivity index (χ0n) is 24.0. The molecule has 8 heteroatoms. The summed E-state index contributed by atoms with van der Waals surface area (Å²) in [7, 11) is 0. The van der Waals surface area contributed by atoms with E-state index in [0.29, 0.717) is 46.1 Å². The molecule has 0 radical (unpaired) electrons. The minimum Gasteiger partial charge on any atom is -0.353 e. The highest BCUT2D eigenvalue weighted by Crippen LogP contribution is 2.38. The Morgan fingerprint density at radius 3 is 2.56 bits per heavy atom. The van der Waals surface area contributed by atoms with Crippen molar-refractivity contribution in [3.05, 3.63) is 60.1 Å². The molecule has 2 bridgehead atoms. The third-order valence-electron chi connectivity index (χ3n) is 9.93. The Kier molecular flexibility index (Phi) is 6.86. The van der Waals surface area contributed by atoms with Crippen LogP contribution in [-0.2, 0) is 6.42 Å². The summed E-state index contributed by atoms with van der Waals surface area (Å²) in [5, 5.41) is 5.40. The number of nitrogens with one attached hydrogen (secondary N) is 1. The second-order valence-electron chi connectivity index (χ2n) is 12.1. The molecule has 5 heterocycles. The Morgan fingerprint density at radius 1 is 1.02 bits per heavy atom. The first-order chi connectivity index (χ1) is 20.0. The summed E-state index contributed by atoms with van der Waals surface area (Å²) < 4.78 is 31.6. The molecule has 7 rings (SSSR count). The number of benzene rings is 2. The maximum absolute atomic E-state index is 16.6. The van der Waals surface area contributed by atoms with Gasteiger partial charge in [-0.2, -0.15) is 0 Å². The van der Waals surface area contributed by atoms with Crippen molar-refractivity contribution in [2.45, 2.75) is 76.4 Å². The SMILES string of the molecule is CCN1CCCC1(CC)CCc1nc(N2CC3CCC(C2)N3)c2cnc(-c3cccc4cccc(F)c34)c(F)c2n1. The van der Waals surface area contributed by atoms with Crippen LogP contribution in [0, 0.1) is 11.6 Å². The number of hydrogen-bond acceptors (Lipinski definition) is 6. The van der Waals surface area contributed by atoms with Crippen molar-refractivity contribution in [2.75, 3.05) is 31.1 Å². The van der Waals surface area contributed by atoms with E-state index in [0.717, 1.165) is 57.7 Å². The van der Waals surface area contributed by atoms with E-state index in [1.54, 1.807) is 18.3 Å². The van der Waals surface area contributed by atoms with Gasteiger partial charge >= 0.3 is 0 Å². The van der Waals surface area contributed by atoms with Gasteiger partial charge in [-0.25, -0.2) is 18.7 Å². The molecule has 0 spiro atoms. The van der Waals surface area contributed by atoms with Gasteiger partial charge in [0.1, 0.15) is 28.7 Å². The molecule has 3 atom stereocenters. The van der Waals surface area contributed by atoms with Crippen LogP contribution in [0.25, 0.3) is 32.9 Å². The van der Waals surface area contributed by atoms with Gasteiger partial charge in [-0.15, -0.1) is 0 Å². The number of likely N-dealkylation sites (tertiary alicyclic amines) is 1. The number of rotatable bonds is 7. The number of fused-ring (bicyclic) bond motifs is 4. The highest BCUT2D eigenvalue weighted by atomic mass is 19.1. The van der Waals surface area contributed by atoms with Crippen LogP contribution in [0.4, 0.5) is 14.6 Å². The minimum absolute atomic E-state index is 0.127. The van der Waals surface area contributed by atoms with Crippen LogP contribution in [0.2, 0.25) is 0 Å². The van der Waals surface area contributed by atoms with Crippen LogP contribution in [0.5, 0.6) is 0 Å². The lowest BCUT2D eigenvalue weighted by molar-refractivity contribution is 0.128. The summed E-state index contributed by atoms with van der Waals surface area (Å²) in [5.74, 6) is 0.549. The van der Waals surface area contributed by atoms with E-state index in [9.17, 15) is 0 Å². The summed E-state index contributed by atoms with van der Waals surface area (Å²) in [5.41, 5.74) is 0.987. The maximum Gasteiger partial charge on any atom is 0.175 e. The predicted octanol–water partition coefficient (Wildman–Crippen LogP) is 6.26. The number of aryl methyl sites for hydroxylation is 1. The van der Waals surface area contributed by atoms with Gasteiger partial charge in [-0.05, 0) is 63.1 Å². The lowest BCUT2D eigenvalue weighted by Gasteiger charge is -2.37. The van der Waals surface area contributed by atoms with Crippen LogP contribution >= 0.6 is 0 Å². The van der Waals surface area contributed by atoms with Crippen molar-refractivity contribution in [3.8, 4) is 11.3 Å². The highest BCUT2D eigenvalue weighted by Gasteiger charge is 2.38. The minimum atomic E-state index is -0.512. The van der Waals surface area contributed by atoms with E-state index < -0.39 is 5.82 Å². The predicted molar refractivity (Wildman–Crippen MR) is 160 cm³/mol. The zero-order valence-corrected chi connectivity index (χ0v) is 24.0. The van der Waals surface area contributed by atoms with Gasteiger partial charge in [-0.1, -0.05) is 44.2 Å². The van der Waals surface area contributed by atoms with Gasteiger partial charge in [0.05, 0.1) is 5.39 Å². The zero-order chi connectivity index (χ0) is 28.1. The van der Waals surface area contributed by atoms with Crippen molar-refractivity contribution < 1.29 is 8.78 Å². The molecular formula is C33H38F2N6. The molecule has 4 aromatic rings. The molecule has 2 aromatic carbocycles. The maximum atomic E-state index is 16.6. The van der Waals surface area contributed by atoms with Gasteiger partial charge in [0, 0.05) is 54.3 Å². The molecule has 1 N–H and O–H groups in total. The van der Waals surface area contributed by atoms with Crippen LogP contribution < -0.4 is 10.2 Å². The summed E-state index contributed by atoms with van der Waals surface area (Å²) in [6, 6.07) is 11.1. The molecule has 3 unspecified atom stereocenters. The molecule has 6 nitrogen and oxygen atoms in total. The fraction of sp³-hybridized carbons (Fsp3) is 0.485. The number of aromatic nitrogens is 3. The van der Waals surface area contributed by atoms with Crippen molar-refractivity contribution >= 4 is 27.5 Å². The first kappa shape index (κ1) is 26.7. The Labute approximate surface area is 240 Å². The van der Waals surface area contributed by atoms with E-state index in [2.05, 4.69) is 33.9 Å². The molecule has 3 fully saturated rings. The average Bonchev–Trinajstić information content (AvgIpc) is 3.57. The fourth-order valence-electron chi connectivity index (χ4n) is 7.78. The van der Waals surface area contributed by atoms with Crippen molar-refractivity contribution in [1.82, 2.24) is 25.2 Å². The number of piperazine rings is 1. The summed E-state index contributed by atoms with van der Waals surface area (Å²) in [4.78, 5) is 19.5. The fourth-order valence-corrected chi connectivity index (χ4v) is 7.78. The van der Waals surface area contributed by atoms with Crippen LogP contribution in [-0.4, -0.2) is 63.7 Å². The van der Waals surface area contributed by atoms with E-state index in [1.165, 1.54) is 18.9 Å². The van der Waals surface area contributed by atoms with Gasteiger partial charge < -0.3 is 10.2 Å². The Bertz CT molecular complexity index is 1590. The van der Waals surface area contributed by atoms with Gasteiger partial charge in [0.2, 0.25) is 0 Å². The topological polar surface area (TPSA) is 57.2 Å². The first-order valence-electron chi connectivity index (χ1n) is 15.3. The number of hydrogen-bond donors (Lipinski definition) is 1. The second kappa shape index (κ2) is 10.6. The molecule has 3 saturated heterocycles. The monoisotopic (exact) mass is 556 g/mol. The molecule has 0 amide bonds. The van der Waals surface area contributed by atoms with E-state index >= 15 is 8.78 Å². The smallest absolute Gasteiger partial charge is 0.175 e. The lowest BCUT2D eigenvalue weighted by atomic mass is 9.87. The molecule has 3 aliphatic rings. The van der Waals surface area contributed by atoms with E-state index in [4.69, 9.17) is 9.97 Å². The Balaban J connectivity index is 1.35. The molecule has 214 valence electrons. The number of halogens is 2. The summed E-state index contributed by atoms with van der Waals surface area (Å²) in [6.45, 7) is 8.34. The van der Waals surface area contributed by atoms with Crippen molar-refractivity contribution in [2.24, 2.45) is 0 Å². The Hall–Kier alpha value is -3.23. The lowest BCUT2D eigenvalue weighted by Crippen LogP contribution is -2.51.